The standard InChI is InChI=1S/C17H21N/c1-13-8-9-15(11-14-5-4-10-18-12-14)17-7-3-2-6-16(13)17/h2-3,6-9,14,18H,4-5,10-12H2,1H3/t14-/m1/s1. The molecule has 18 heavy (non-hydrogen) atoms. The summed E-state index contributed by atoms with van der Waals surface area (Å²) >= 11 is 0. The molecule has 2 aromatic rings. The Morgan fingerprint density at radius 1 is 1.11 bits per heavy atom. The first-order valence-corrected chi connectivity index (χ1v) is 7.02. The van der Waals surface area contributed by atoms with Gasteiger partial charge < -0.3 is 5.32 Å². The summed E-state index contributed by atoms with van der Waals surface area (Å²) in [6, 6.07) is 13.4. The van der Waals surface area contributed by atoms with Crippen molar-refractivity contribution in [2.24, 2.45) is 5.92 Å². The van der Waals surface area contributed by atoms with Crippen LogP contribution in [0.15, 0.2) is 36.4 Å². The third-order valence-electron chi connectivity index (χ3n) is 4.14. The average Bonchev–Trinajstić information content (AvgIpc) is 2.44. The van der Waals surface area contributed by atoms with E-state index in [1.54, 1.807) is 0 Å². The molecule has 3 rings (SSSR count). The fraction of sp³-hybridized carbons (Fsp3) is 0.412. The molecule has 0 radical (unpaired) electrons. The van der Waals surface area contributed by atoms with Crippen LogP contribution in [0, 0.1) is 12.8 Å². The summed E-state index contributed by atoms with van der Waals surface area (Å²) in [5.41, 5.74) is 2.90. The minimum atomic E-state index is 0.810. The van der Waals surface area contributed by atoms with Crippen LogP contribution in [-0.2, 0) is 6.42 Å². The van der Waals surface area contributed by atoms with Gasteiger partial charge in [-0.3, -0.25) is 0 Å². The molecule has 1 nitrogen and oxygen atoms in total. The number of nitrogens with one attached hydrogen (secondary N) is 1. The molecule has 0 saturated carbocycles. The van der Waals surface area contributed by atoms with Crippen molar-refractivity contribution in [3.8, 4) is 0 Å². The Hall–Kier alpha value is -1.34. The summed E-state index contributed by atoms with van der Waals surface area (Å²) < 4.78 is 0. The minimum absolute atomic E-state index is 0.810. The quantitative estimate of drug-likeness (QED) is 0.842. The second kappa shape index (κ2) is 5.11. The number of hydrogen-bond donors (Lipinski definition) is 1. The van der Waals surface area contributed by atoms with Crippen molar-refractivity contribution < 1.29 is 0 Å². The molecule has 0 amide bonds. The van der Waals surface area contributed by atoms with Gasteiger partial charge in [-0.2, -0.15) is 0 Å². The van der Waals surface area contributed by atoms with Gasteiger partial charge in [-0.25, -0.2) is 0 Å². The zero-order valence-electron chi connectivity index (χ0n) is 11.1. The average molecular weight is 239 g/mol. The first-order valence-electron chi connectivity index (χ1n) is 7.02. The smallest absolute Gasteiger partial charge is 0.00173 e. The fourth-order valence-electron chi connectivity index (χ4n) is 3.10. The SMILES string of the molecule is Cc1ccc(C[C@H]2CCCNC2)c2ccccc12. The maximum absolute atomic E-state index is 3.51. The Balaban J connectivity index is 1.94. The highest BCUT2D eigenvalue weighted by Gasteiger charge is 2.14. The molecule has 1 saturated heterocycles. The molecule has 1 heteroatoms. The monoisotopic (exact) mass is 239 g/mol. The van der Waals surface area contributed by atoms with Gasteiger partial charge in [0, 0.05) is 0 Å². The molecule has 0 spiro atoms. The van der Waals surface area contributed by atoms with E-state index in [0.717, 1.165) is 5.92 Å². The van der Waals surface area contributed by atoms with Crippen LogP contribution in [0.25, 0.3) is 10.8 Å². The van der Waals surface area contributed by atoms with Crippen LogP contribution in [0.2, 0.25) is 0 Å². The van der Waals surface area contributed by atoms with Crippen molar-refractivity contribution in [2.75, 3.05) is 13.1 Å². The third-order valence-corrected chi connectivity index (χ3v) is 4.14. The summed E-state index contributed by atoms with van der Waals surface area (Å²) in [5, 5.41) is 6.38. The van der Waals surface area contributed by atoms with E-state index in [1.807, 2.05) is 0 Å². The largest absolute Gasteiger partial charge is 0.316 e. The van der Waals surface area contributed by atoms with Crippen molar-refractivity contribution in [2.45, 2.75) is 26.2 Å². The zero-order chi connectivity index (χ0) is 12.4. The van der Waals surface area contributed by atoms with Gasteiger partial charge in [0.25, 0.3) is 0 Å². The molecule has 94 valence electrons. The van der Waals surface area contributed by atoms with Crippen LogP contribution < -0.4 is 5.32 Å². The molecule has 0 aliphatic carbocycles. The van der Waals surface area contributed by atoms with Crippen LogP contribution in [0.3, 0.4) is 0 Å². The van der Waals surface area contributed by atoms with Crippen LogP contribution >= 0.6 is 0 Å². The van der Waals surface area contributed by atoms with Gasteiger partial charge in [0.2, 0.25) is 0 Å². The first kappa shape index (κ1) is 11.7. The van der Waals surface area contributed by atoms with E-state index < -0.39 is 0 Å². The van der Waals surface area contributed by atoms with E-state index in [4.69, 9.17) is 0 Å². The fourth-order valence-corrected chi connectivity index (χ4v) is 3.10. The summed E-state index contributed by atoms with van der Waals surface area (Å²) in [6.45, 7) is 4.58. The molecule has 1 fully saturated rings. The minimum Gasteiger partial charge on any atom is -0.316 e. The van der Waals surface area contributed by atoms with Crippen LogP contribution in [-0.4, -0.2) is 13.1 Å². The van der Waals surface area contributed by atoms with Crippen molar-refractivity contribution in [3.63, 3.8) is 0 Å². The second-order valence-corrected chi connectivity index (χ2v) is 5.50. The molecule has 1 heterocycles. The van der Waals surface area contributed by atoms with Gasteiger partial charge >= 0.3 is 0 Å². The molecular formula is C17H21N. The molecule has 1 aliphatic heterocycles. The number of fused-ring (bicyclic) bond motifs is 1. The van der Waals surface area contributed by atoms with E-state index in [2.05, 4.69) is 48.6 Å². The highest BCUT2D eigenvalue weighted by atomic mass is 14.9. The second-order valence-electron chi connectivity index (χ2n) is 5.50. The lowest BCUT2D eigenvalue weighted by molar-refractivity contribution is 0.377. The Bertz CT molecular complexity index is 538. The lowest BCUT2D eigenvalue weighted by Gasteiger charge is -2.23. The van der Waals surface area contributed by atoms with E-state index in [0.29, 0.717) is 0 Å². The van der Waals surface area contributed by atoms with Crippen LogP contribution in [0.1, 0.15) is 24.0 Å². The van der Waals surface area contributed by atoms with E-state index in [9.17, 15) is 0 Å². The molecular weight excluding hydrogens is 218 g/mol. The normalized spacial score (nSPS) is 20.2. The van der Waals surface area contributed by atoms with E-state index in [-0.39, 0.29) is 0 Å². The number of hydrogen-bond acceptors (Lipinski definition) is 1. The van der Waals surface area contributed by atoms with Gasteiger partial charge in [-0.1, -0.05) is 36.4 Å². The zero-order valence-corrected chi connectivity index (χ0v) is 11.1. The number of rotatable bonds is 2. The van der Waals surface area contributed by atoms with Crippen molar-refractivity contribution in [3.05, 3.63) is 47.5 Å². The summed E-state index contributed by atoms with van der Waals surface area (Å²) in [5.74, 6) is 0.810. The maximum atomic E-state index is 3.51. The Morgan fingerprint density at radius 3 is 2.72 bits per heavy atom. The number of benzene rings is 2. The Labute approximate surface area is 109 Å². The summed E-state index contributed by atoms with van der Waals surface area (Å²) in [4.78, 5) is 0. The lowest BCUT2D eigenvalue weighted by Crippen LogP contribution is -2.30. The number of aryl methyl sites for hydroxylation is 1. The Morgan fingerprint density at radius 2 is 1.94 bits per heavy atom. The van der Waals surface area contributed by atoms with E-state index in [1.165, 1.54) is 54.3 Å². The summed E-state index contributed by atoms with van der Waals surface area (Å²) in [7, 11) is 0. The van der Waals surface area contributed by atoms with E-state index >= 15 is 0 Å². The molecule has 0 unspecified atom stereocenters. The highest BCUT2D eigenvalue weighted by Crippen LogP contribution is 2.26. The van der Waals surface area contributed by atoms with Crippen molar-refractivity contribution in [1.82, 2.24) is 5.32 Å². The highest BCUT2D eigenvalue weighted by molar-refractivity contribution is 5.88. The predicted octanol–water partition coefficient (Wildman–Crippen LogP) is 3.69. The van der Waals surface area contributed by atoms with Gasteiger partial charge in [0.05, 0.1) is 0 Å². The van der Waals surface area contributed by atoms with Crippen molar-refractivity contribution in [1.29, 1.82) is 0 Å². The van der Waals surface area contributed by atoms with Crippen LogP contribution in [0.4, 0.5) is 0 Å². The van der Waals surface area contributed by atoms with Crippen molar-refractivity contribution >= 4 is 10.8 Å². The molecule has 1 atom stereocenters. The lowest BCUT2D eigenvalue weighted by atomic mass is 9.89. The van der Waals surface area contributed by atoms with Crippen LogP contribution in [0.5, 0.6) is 0 Å². The molecule has 0 bridgehead atoms. The van der Waals surface area contributed by atoms with Gasteiger partial charge in [0.15, 0.2) is 0 Å². The first-order chi connectivity index (χ1) is 8.84. The molecule has 1 aliphatic rings. The topological polar surface area (TPSA) is 12.0 Å². The predicted molar refractivity (Wildman–Crippen MR) is 78.0 cm³/mol. The maximum Gasteiger partial charge on any atom is -0.00173 e. The number of piperidine rings is 1. The molecule has 2 aromatic carbocycles. The van der Waals surface area contributed by atoms with Gasteiger partial charge in [0.1, 0.15) is 0 Å². The van der Waals surface area contributed by atoms with Gasteiger partial charge in [-0.05, 0) is 67.1 Å². The summed E-state index contributed by atoms with van der Waals surface area (Å²) in [6.07, 6.45) is 3.91. The Kier molecular flexibility index (Phi) is 3.33. The molecule has 1 N–H and O–H groups in total. The van der Waals surface area contributed by atoms with Gasteiger partial charge in [-0.15, -0.1) is 0 Å². The third kappa shape index (κ3) is 2.28. The molecule has 0 aromatic heterocycles.